The summed E-state index contributed by atoms with van der Waals surface area (Å²) in [5, 5.41) is 0.749. The Labute approximate surface area is 171 Å². The summed E-state index contributed by atoms with van der Waals surface area (Å²) in [5.74, 6) is 0. The lowest BCUT2D eigenvalue weighted by atomic mass is 10.00. The summed E-state index contributed by atoms with van der Waals surface area (Å²) in [6.45, 7) is 3.73. The molecule has 1 atom stereocenters. The minimum atomic E-state index is 0.195. The summed E-state index contributed by atoms with van der Waals surface area (Å²) in [6.07, 6.45) is 0. The average molecular weight is 393 g/mol. The van der Waals surface area contributed by atoms with E-state index in [0.29, 0.717) is 5.69 Å². The summed E-state index contributed by atoms with van der Waals surface area (Å²) in [6, 6.07) is 24.7. The van der Waals surface area contributed by atoms with E-state index in [4.69, 9.17) is 23.1 Å². The molecule has 0 radical (unpaired) electrons. The average Bonchev–Trinajstić information content (AvgIpc) is 2.70. The van der Waals surface area contributed by atoms with Crippen LogP contribution in [0.1, 0.15) is 17.2 Å². The van der Waals surface area contributed by atoms with Gasteiger partial charge in [0, 0.05) is 36.9 Å². The van der Waals surface area contributed by atoms with E-state index in [2.05, 4.69) is 52.3 Å². The van der Waals surface area contributed by atoms with Crippen molar-refractivity contribution < 1.29 is 0 Å². The molecule has 0 spiro atoms. The maximum absolute atomic E-state index is 6.32. The number of piperazine rings is 1. The van der Waals surface area contributed by atoms with Crippen molar-refractivity contribution in [1.29, 1.82) is 0 Å². The minimum absolute atomic E-state index is 0.195. The molecule has 144 valence electrons. The van der Waals surface area contributed by atoms with E-state index in [1.165, 1.54) is 11.1 Å². The first-order valence-electron chi connectivity index (χ1n) is 9.53. The van der Waals surface area contributed by atoms with E-state index in [0.717, 1.165) is 42.6 Å². The van der Waals surface area contributed by atoms with Gasteiger partial charge in [0.05, 0.1) is 17.4 Å². The van der Waals surface area contributed by atoms with Crippen molar-refractivity contribution in [2.24, 2.45) is 0 Å². The summed E-state index contributed by atoms with van der Waals surface area (Å²) < 4.78 is 0. The van der Waals surface area contributed by atoms with Gasteiger partial charge in [0.1, 0.15) is 0 Å². The van der Waals surface area contributed by atoms with Gasteiger partial charge in [0.15, 0.2) is 0 Å². The Bertz CT molecular complexity index is 927. The van der Waals surface area contributed by atoms with E-state index in [9.17, 15) is 0 Å². The summed E-state index contributed by atoms with van der Waals surface area (Å²) in [5.41, 5.74) is 17.2. The van der Waals surface area contributed by atoms with Crippen molar-refractivity contribution in [2.45, 2.75) is 12.6 Å². The molecule has 1 aliphatic heterocycles. The van der Waals surface area contributed by atoms with Crippen molar-refractivity contribution in [3.05, 3.63) is 88.9 Å². The van der Waals surface area contributed by atoms with Crippen LogP contribution in [0.25, 0.3) is 0 Å². The second-order valence-electron chi connectivity index (χ2n) is 7.30. The van der Waals surface area contributed by atoms with Gasteiger partial charge in [-0.25, -0.2) is 0 Å². The first-order valence-corrected chi connectivity index (χ1v) is 9.91. The maximum atomic E-state index is 6.32. The highest BCUT2D eigenvalue weighted by atomic mass is 35.5. The van der Waals surface area contributed by atoms with Crippen LogP contribution in [0.5, 0.6) is 0 Å². The fourth-order valence-electron chi connectivity index (χ4n) is 3.92. The number of halogens is 1. The highest BCUT2D eigenvalue weighted by molar-refractivity contribution is 6.30. The predicted molar refractivity (Wildman–Crippen MR) is 119 cm³/mol. The monoisotopic (exact) mass is 392 g/mol. The first-order chi connectivity index (χ1) is 13.6. The lowest BCUT2D eigenvalue weighted by Gasteiger charge is -2.43. The van der Waals surface area contributed by atoms with Crippen LogP contribution < -0.4 is 16.4 Å². The SMILES string of the molecule is Nc1ccc(N2CCN(Cc3ccccc3)CC2c2ccc(Cl)cc2)c(N)c1. The molecule has 1 unspecified atom stereocenters. The standard InChI is InChI=1S/C23H25ClN4/c24-19-8-6-18(7-9-19)23-16-27(15-17-4-2-1-3-5-17)12-13-28(23)22-11-10-20(25)14-21(22)26/h1-11,14,23H,12-13,15-16,25-26H2. The molecule has 4 N–H and O–H groups in total. The number of anilines is 3. The van der Waals surface area contributed by atoms with Crippen LogP contribution in [0.2, 0.25) is 5.02 Å². The largest absolute Gasteiger partial charge is 0.399 e. The lowest BCUT2D eigenvalue weighted by Crippen LogP contribution is -2.48. The normalized spacial score (nSPS) is 17.6. The third-order valence-corrected chi connectivity index (χ3v) is 5.58. The van der Waals surface area contributed by atoms with Crippen molar-refractivity contribution in [2.75, 3.05) is 36.0 Å². The second-order valence-corrected chi connectivity index (χ2v) is 7.74. The van der Waals surface area contributed by atoms with Gasteiger partial charge in [-0.2, -0.15) is 0 Å². The van der Waals surface area contributed by atoms with Gasteiger partial charge in [-0.1, -0.05) is 54.1 Å². The summed E-state index contributed by atoms with van der Waals surface area (Å²) in [7, 11) is 0. The quantitative estimate of drug-likeness (QED) is 0.638. The van der Waals surface area contributed by atoms with Crippen molar-refractivity contribution in [3.8, 4) is 0 Å². The molecule has 0 amide bonds. The Morgan fingerprint density at radius 1 is 0.893 bits per heavy atom. The molecule has 1 aliphatic rings. The van der Waals surface area contributed by atoms with Crippen LogP contribution in [0.4, 0.5) is 17.1 Å². The second kappa shape index (κ2) is 8.13. The van der Waals surface area contributed by atoms with E-state index in [1.54, 1.807) is 0 Å². The number of nitrogens with two attached hydrogens (primary N) is 2. The van der Waals surface area contributed by atoms with Crippen LogP contribution in [0.3, 0.4) is 0 Å². The Kier molecular flexibility index (Phi) is 5.42. The number of hydrogen-bond acceptors (Lipinski definition) is 4. The van der Waals surface area contributed by atoms with Gasteiger partial charge < -0.3 is 16.4 Å². The zero-order valence-corrected chi connectivity index (χ0v) is 16.5. The van der Waals surface area contributed by atoms with Crippen LogP contribution >= 0.6 is 11.6 Å². The molecule has 5 heteroatoms. The molecule has 0 aliphatic carbocycles. The van der Waals surface area contributed by atoms with Gasteiger partial charge >= 0.3 is 0 Å². The number of hydrogen-bond donors (Lipinski definition) is 2. The molecule has 3 aromatic rings. The highest BCUT2D eigenvalue weighted by Crippen LogP contribution is 2.35. The third-order valence-electron chi connectivity index (χ3n) is 5.33. The highest BCUT2D eigenvalue weighted by Gasteiger charge is 2.29. The van der Waals surface area contributed by atoms with Gasteiger partial charge in [0.2, 0.25) is 0 Å². The molecule has 1 fully saturated rings. The summed E-state index contributed by atoms with van der Waals surface area (Å²) >= 11 is 6.12. The minimum Gasteiger partial charge on any atom is -0.399 e. The number of nitrogen functional groups attached to an aromatic ring is 2. The van der Waals surface area contributed by atoms with Gasteiger partial charge in [0.25, 0.3) is 0 Å². The van der Waals surface area contributed by atoms with Crippen LogP contribution in [0, 0.1) is 0 Å². The molecular weight excluding hydrogens is 368 g/mol. The molecule has 4 nitrogen and oxygen atoms in total. The van der Waals surface area contributed by atoms with Gasteiger partial charge in [-0.3, -0.25) is 4.90 Å². The number of rotatable bonds is 4. The topological polar surface area (TPSA) is 58.5 Å². The molecule has 4 rings (SSSR count). The Morgan fingerprint density at radius 3 is 2.36 bits per heavy atom. The molecular formula is C23H25ClN4. The molecule has 0 bridgehead atoms. The first kappa shape index (κ1) is 18.7. The van der Waals surface area contributed by atoms with E-state index < -0.39 is 0 Å². The number of benzene rings is 3. The fraction of sp³-hybridized carbons (Fsp3) is 0.217. The fourth-order valence-corrected chi connectivity index (χ4v) is 4.04. The van der Waals surface area contributed by atoms with E-state index >= 15 is 0 Å². The molecule has 0 saturated carbocycles. The smallest absolute Gasteiger partial charge is 0.0670 e. The predicted octanol–water partition coefficient (Wildman–Crippen LogP) is 4.57. The van der Waals surface area contributed by atoms with Gasteiger partial charge in [-0.15, -0.1) is 0 Å². The van der Waals surface area contributed by atoms with Crippen LogP contribution in [-0.2, 0) is 6.54 Å². The Morgan fingerprint density at radius 2 is 1.64 bits per heavy atom. The van der Waals surface area contributed by atoms with Crippen LogP contribution in [0.15, 0.2) is 72.8 Å². The summed E-state index contributed by atoms with van der Waals surface area (Å²) in [4.78, 5) is 4.89. The van der Waals surface area contributed by atoms with E-state index in [-0.39, 0.29) is 6.04 Å². The zero-order chi connectivity index (χ0) is 19.5. The third kappa shape index (κ3) is 4.08. The molecule has 28 heavy (non-hydrogen) atoms. The molecule has 1 heterocycles. The van der Waals surface area contributed by atoms with E-state index in [1.807, 2.05) is 30.3 Å². The Balaban J connectivity index is 1.63. The molecule has 1 saturated heterocycles. The van der Waals surface area contributed by atoms with Crippen molar-refractivity contribution in [1.82, 2.24) is 4.90 Å². The molecule has 0 aromatic heterocycles. The van der Waals surface area contributed by atoms with Gasteiger partial charge in [-0.05, 0) is 41.5 Å². The Hall–Kier alpha value is -2.69. The lowest BCUT2D eigenvalue weighted by molar-refractivity contribution is 0.215. The zero-order valence-electron chi connectivity index (χ0n) is 15.8. The molecule has 3 aromatic carbocycles. The number of nitrogens with zero attached hydrogens (tertiary/aromatic N) is 2. The van der Waals surface area contributed by atoms with Crippen molar-refractivity contribution >= 4 is 28.7 Å². The van der Waals surface area contributed by atoms with Crippen LogP contribution in [-0.4, -0.2) is 24.5 Å². The maximum Gasteiger partial charge on any atom is 0.0670 e. The van der Waals surface area contributed by atoms with Crippen molar-refractivity contribution in [3.63, 3.8) is 0 Å².